The standard InChI is InChI=1S/C13H11Cl2NO/c14-10-5-6-11(15)12(7-10)16-8-9-3-1-2-4-13(9)17/h1-7,16-17H,8H2. The zero-order valence-corrected chi connectivity index (χ0v) is 10.5. The van der Waals surface area contributed by atoms with Crippen LogP contribution in [0.3, 0.4) is 0 Å². The summed E-state index contributed by atoms with van der Waals surface area (Å²) in [5.41, 5.74) is 1.56. The third-order valence-corrected chi connectivity index (χ3v) is 2.95. The van der Waals surface area contributed by atoms with E-state index in [0.717, 1.165) is 11.3 Å². The minimum absolute atomic E-state index is 0.262. The minimum atomic E-state index is 0.262. The Hall–Kier alpha value is -1.38. The van der Waals surface area contributed by atoms with Gasteiger partial charge in [0.25, 0.3) is 0 Å². The molecular formula is C13H11Cl2NO. The highest BCUT2D eigenvalue weighted by Crippen LogP contribution is 2.26. The zero-order valence-electron chi connectivity index (χ0n) is 8.95. The molecule has 2 N–H and O–H groups in total. The van der Waals surface area contributed by atoms with Gasteiger partial charge in [0.2, 0.25) is 0 Å². The predicted molar refractivity (Wildman–Crippen MR) is 71.9 cm³/mol. The number of para-hydroxylation sites is 1. The van der Waals surface area contributed by atoms with Crippen molar-refractivity contribution in [3.8, 4) is 5.75 Å². The van der Waals surface area contributed by atoms with E-state index in [1.54, 1.807) is 30.3 Å². The maximum absolute atomic E-state index is 9.61. The largest absolute Gasteiger partial charge is 0.508 e. The number of hydrogen-bond acceptors (Lipinski definition) is 2. The van der Waals surface area contributed by atoms with Crippen molar-refractivity contribution in [2.24, 2.45) is 0 Å². The number of benzene rings is 2. The summed E-state index contributed by atoms with van der Waals surface area (Å²) >= 11 is 11.9. The zero-order chi connectivity index (χ0) is 12.3. The Balaban J connectivity index is 2.12. The van der Waals surface area contributed by atoms with Crippen LogP contribution < -0.4 is 5.32 Å². The van der Waals surface area contributed by atoms with Crippen LogP contribution in [0.25, 0.3) is 0 Å². The molecule has 0 bridgehead atoms. The van der Waals surface area contributed by atoms with E-state index in [-0.39, 0.29) is 5.75 Å². The van der Waals surface area contributed by atoms with Gasteiger partial charge in [-0.1, -0.05) is 41.4 Å². The first-order valence-corrected chi connectivity index (χ1v) is 5.88. The second kappa shape index (κ2) is 5.30. The normalized spacial score (nSPS) is 10.2. The van der Waals surface area contributed by atoms with Crippen LogP contribution in [0, 0.1) is 0 Å². The molecule has 0 amide bonds. The summed E-state index contributed by atoms with van der Waals surface area (Å²) in [6.45, 7) is 0.493. The van der Waals surface area contributed by atoms with Gasteiger partial charge >= 0.3 is 0 Å². The Bertz CT molecular complexity index is 529. The van der Waals surface area contributed by atoms with E-state index in [1.165, 1.54) is 0 Å². The molecule has 0 aliphatic heterocycles. The lowest BCUT2D eigenvalue weighted by Gasteiger charge is -2.09. The third-order valence-electron chi connectivity index (χ3n) is 2.39. The highest BCUT2D eigenvalue weighted by atomic mass is 35.5. The van der Waals surface area contributed by atoms with Gasteiger partial charge in [0.05, 0.1) is 10.7 Å². The smallest absolute Gasteiger partial charge is 0.120 e. The first kappa shape index (κ1) is 12.1. The molecule has 2 aromatic carbocycles. The molecule has 0 radical (unpaired) electrons. The van der Waals surface area contributed by atoms with Crippen molar-refractivity contribution in [3.05, 3.63) is 58.1 Å². The molecule has 0 heterocycles. The Morgan fingerprint density at radius 3 is 2.59 bits per heavy atom. The Morgan fingerprint density at radius 2 is 1.82 bits per heavy atom. The molecule has 0 atom stereocenters. The van der Waals surface area contributed by atoms with Gasteiger partial charge in [-0.05, 0) is 24.3 Å². The average Bonchev–Trinajstić information content (AvgIpc) is 2.32. The van der Waals surface area contributed by atoms with Crippen LogP contribution in [0.1, 0.15) is 5.56 Å². The van der Waals surface area contributed by atoms with E-state index in [0.29, 0.717) is 16.6 Å². The Labute approximate surface area is 110 Å². The van der Waals surface area contributed by atoms with E-state index < -0.39 is 0 Å². The quantitative estimate of drug-likeness (QED) is 0.869. The average molecular weight is 268 g/mol. The summed E-state index contributed by atoms with van der Waals surface area (Å²) in [7, 11) is 0. The molecule has 2 rings (SSSR count). The van der Waals surface area contributed by atoms with Crippen LogP contribution in [0.4, 0.5) is 5.69 Å². The van der Waals surface area contributed by atoms with Crippen molar-refractivity contribution in [3.63, 3.8) is 0 Å². The summed E-state index contributed by atoms with van der Waals surface area (Å²) in [6, 6.07) is 12.4. The highest BCUT2D eigenvalue weighted by Gasteiger charge is 2.03. The van der Waals surface area contributed by atoms with E-state index >= 15 is 0 Å². The third kappa shape index (κ3) is 3.05. The Morgan fingerprint density at radius 1 is 1.06 bits per heavy atom. The molecule has 0 unspecified atom stereocenters. The van der Waals surface area contributed by atoms with Gasteiger partial charge in [-0.2, -0.15) is 0 Å². The highest BCUT2D eigenvalue weighted by molar-refractivity contribution is 6.35. The molecule has 0 aromatic heterocycles. The molecule has 0 fully saturated rings. The predicted octanol–water partition coefficient (Wildman–Crippen LogP) is 4.31. The number of rotatable bonds is 3. The van der Waals surface area contributed by atoms with E-state index in [2.05, 4.69) is 5.32 Å². The summed E-state index contributed by atoms with van der Waals surface area (Å²) in [6.07, 6.45) is 0. The monoisotopic (exact) mass is 267 g/mol. The van der Waals surface area contributed by atoms with Gasteiger partial charge < -0.3 is 10.4 Å². The number of phenolic OH excluding ortho intramolecular Hbond substituents is 1. The van der Waals surface area contributed by atoms with Crippen molar-refractivity contribution in [1.82, 2.24) is 0 Å². The van der Waals surface area contributed by atoms with Crippen molar-refractivity contribution in [2.45, 2.75) is 6.54 Å². The van der Waals surface area contributed by atoms with Gasteiger partial charge in [0.1, 0.15) is 5.75 Å². The van der Waals surface area contributed by atoms with Gasteiger partial charge in [-0.25, -0.2) is 0 Å². The summed E-state index contributed by atoms with van der Waals surface area (Å²) in [5, 5.41) is 14.0. The van der Waals surface area contributed by atoms with Crippen LogP contribution in [-0.2, 0) is 6.54 Å². The van der Waals surface area contributed by atoms with Crippen molar-refractivity contribution >= 4 is 28.9 Å². The maximum Gasteiger partial charge on any atom is 0.120 e. The molecule has 2 aromatic rings. The molecule has 0 saturated heterocycles. The molecule has 0 saturated carbocycles. The van der Waals surface area contributed by atoms with Crippen molar-refractivity contribution in [2.75, 3.05) is 5.32 Å². The lowest BCUT2D eigenvalue weighted by atomic mass is 10.2. The fourth-order valence-corrected chi connectivity index (χ4v) is 1.84. The number of hydrogen-bond donors (Lipinski definition) is 2. The first-order valence-electron chi connectivity index (χ1n) is 5.12. The first-order chi connectivity index (χ1) is 8.16. The second-order valence-electron chi connectivity index (χ2n) is 3.61. The fourth-order valence-electron chi connectivity index (χ4n) is 1.48. The van der Waals surface area contributed by atoms with Crippen LogP contribution in [0.2, 0.25) is 10.0 Å². The molecule has 0 aliphatic rings. The summed E-state index contributed by atoms with van der Waals surface area (Å²) in [4.78, 5) is 0. The number of aromatic hydroxyl groups is 1. The summed E-state index contributed by atoms with van der Waals surface area (Å²) in [5.74, 6) is 0.262. The van der Waals surface area contributed by atoms with E-state index in [1.807, 2.05) is 12.1 Å². The maximum atomic E-state index is 9.61. The number of halogens is 2. The molecule has 4 heteroatoms. The molecule has 88 valence electrons. The SMILES string of the molecule is Oc1ccccc1CNc1cc(Cl)ccc1Cl. The van der Waals surface area contributed by atoms with Crippen molar-refractivity contribution in [1.29, 1.82) is 0 Å². The topological polar surface area (TPSA) is 32.3 Å². The van der Waals surface area contributed by atoms with Crippen LogP contribution in [0.5, 0.6) is 5.75 Å². The van der Waals surface area contributed by atoms with Crippen LogP contribution in [-0.4, -0.2) is 5.11 Å². The van der Waals surface area contributed by atoms with Gasteiger partial charge in [0, 0.05) is 17.1 Å². The summed E-state index contributed by atoms with van der Waals surface area (Å²) < 4.78 is 0. The van der Waals surface area contributed by atoms with Crippen LogP contribution in [0.15, 0.2) is 42.5 Å². The molecular weight excluding hydrogens is 257 g/mol. The second-order valence-corrected chi connectivity index (χ2v) is 4.45. The van der Waals surface area contributed by atoms with E-state index in [4.69, 9.17) is 23.2 Å². The van der Waals surface area contributed by atoms with Crippen LogP contribution >= 0.6 is 23.2 Å². The van der Waals surface area contributed by atoms with Crippen molar-refractivity contribution < 1.29 is 5.11 Å². The molecule has 17 heavy (non-hydrogen) atoms. The number of nitrogens with one attached hydrogen (secondary N) is 1. The van der Waals surface area contributed by atoms with Gasteiger partial charge in [0.15, 0.2) is 0 Å². The number of anilines is 1. The fraction of sp³-hybridized carbons (Fsp3) is 0.0769. The lowest BCUT2D eigenvalue weighted by molar-refractivity contribution is 0.469. The van der Waals surface area contributed by atoms with Gasteiger partial charge in [-0.15, -0.1) is 0 Å². The number of phenols is 1. The Kier molecular flexibility index (Phi) is 3.77. The van der Waals surface area contributed by atoms with Gasteiger partial charge in [-0.3, -0.25) is 0 Å². The minimum Gasteiger partial charge on any atom is -0.508 e. The molecule has 0 aliphatic carbocycles. The lowest BCUT2D eigenvalue weighted by Crippen LogP contribution is -2.00. The molecule has 0 spiro atoms. The van der Waals surface area contributed by atoms with E-state index in [9.17, 15) is 5.11 Å². The molecule has 2 nitrogen and oxygen atoms in total.